The largest absolute Gasteiger partial charge is 0.463 e. The van der Waals surface area contributed by atoms with Crippen LogP contribution in [-0.2, 0) is 0 Å². The molecule has 2 rings (SSSR count). The molecule has 7 heteroatoms. The number of rotatable bonds is 3. The van der Waals surface area contributed by atoms with Gasteiger partial charge in [0.15, 0.2) is 0 Å². The second-order valence-electron chi connectivity index (χ2n) is 3.29. The van der Waals surface area contributed by atoms with Crippen molar-refractivity contribution in [2.75, 3.05) is 0 Å². The second kappa shape index (κ2) is 4.52. The van der Waals surface area contributed by atoms with Crippen LogP contribution in [0.1, 0.15) is 21.8 Å². The predicted molar refractivity (Wildman–Crippen MR) is 59.9 cm³/mol. The van der Waals surface area contributed by atoms with E-state index in [0.29, 0.717) is 11.3 Å². The third-order valence-electron chi connectivity index (χ3n) is 2.14. The number of amides is 1. The number of H-pyrrole nitrogens is 2. The molecule has 1 amide bonds. The zero-order valence-electron chi connectivity index (χ0n) is 8.98. The van der Waals surface area contributed by atoms with E-state index in [1.165, 1.54) is 12.5 Å². The van der Waals surface area contributed by atoms with Crippen LogP contribution in [0.4, 0.5) is 0 Å². The third kappa shape index (κ3) is 2.33. The average Bonchev–Trinajstić information content (AvgIpc) is 2.91. The Labute approximate surface area is 95.5 Å². The Balaban J connectivity index is 2.03. The summed E-state index contributed by atoms with van der Waals surface area (Å²) in [5.41, 5.74) is 2.42. The number of carbonyl (C=O) groups is 1. The van der Waals surface area contributed by atoms with Crippen molar-refractivity contribution >= 4 is 12.1 Å². The van der Waals surface area contributed by atoms with Crippen molar-refractivity contribution in [1.82, 2.24) is 15.6 Å². The van der Waals surface area contributed by atoms with Gasteiger partial charge in [0.25, 0.3) is 11.5 Å². The number of furan rings is 1. The first kappa shape index (κ1) is 10.9. The van der Waals surface area contributed by atoms with Crippen molar-refractivity contribution in [2.24, 2.45) is 5.10 Å². The predicted octanol–water partition coefficient (Wildman–Crippen LogP) is 0.368. The highest BCUT2D eigenvalue weighted by molar-refractivity contribution is 5.94. The van der Waals surface area contributed by atoms with E-state index >= 15 is 0 Å². The summed E-state index contributed by atoms with van der Waals surface area (Å²) >= 11 is 0. The Kier molecular flexibility index (Phi) is 2.91. The number of aromatic nitrogens is 2. The van der Waals surface area contributed by atoms with Gasteiger partial charge in [-0.05, 0) is 19.1 Å². The molecule has 2 heterocycles. The van der Waals surface area contributed by atoms with Crippen molar-refractivity contribution in [3.8, 4) is 0 Å². The van der Waals surface area contributed by atoms with Gasteiger partial charge >= 0.3 is 0 Å². The topological polar surface area (TPSA) is 103 Å². The molecule has 2 aromatic rings. The number of carbonyl (C=O) groups excluding carboxylic acids is 1. The van der Waals surface area contributed by atoms with E-state index in [-0.39, 0.29) is 11.3 Å². The Morgan fingerprint density at radius 2 is 2.35 bits per heavy atom. The van der Waals surface area contributed by atoms with Crippen LogP contribution in [0.3, 0.4) is 0 Å². The fraction of sp³-hybridized carbons (Fsp3) is 0.100. The van der Waals surface area contributed by atoms with Gasteiger partial charge < -0.3 is 4.42 Å². The van der Waals surface area contributed by atoms with E-state index in [2.05, 4.69) is 20.7 Å². The number of hydrazone groups is 1. The van der Waals surface area contributed by atoms with E-state index in [1.807, 2.05) is 0 Å². The molecule has 0 spiro atoms. The van der Waals surface area contributed by atoms with Crippen molar-refractivity contribution < 1.29 is 9.21 Å². The monoisotopic (exact) mass is 234 g/mol. The molecule has 17 heavy (non-hydrogen) atoms. The van der Waals surface area contributed by atoms with Crippen LogP contribution >= 0.6 is 0 Å². The van der Waals surface area contributed by atoms with Crippen LogP contribution in [0.5, 0.6) is 0 Å². The fourth-order valence-electron chi connectivity index (χ4n) is 1.22. The van der Waals surface area contributed by atoms with Crippen LogP contribution in [0.15, 0.2) is 32.7 Å². The molecular weight excluding hydrogens is 224 g/mol. The van der Waals surface area contributed by atoms with Crippen molar-refractivity contribution in [3.63, 3.8) is 0 Å². The standard InChI is InChI=1S/C10H10N4O3/c1-6-8(12-14-9(6)15)10(16)13-11-5-7-3-2-4-17-7/h2-5H,1H3,(H,13,16)(H2,12,14,15)/b11-5-. The fourth-order valence-corrected chi connectivity index (χ4v) is 1.22. The Morgan fingerprint density at radius 3 is 2.94 bits per heavy atom. The first-order chi connectivity index (χ1) is 8.18. The molecule has 0 aromatic carbocycles. The highest BCUT2D eigenvalue weighted by Crippen LogP contribution is 1.97. The summed E-state index contributed by atoms with van der Waals surface area (Å²) in [6.45, 7) is 1.54. The van der Waals surface area contributed by atoms with Crippen molar-refractivity contribution in [3.05, 3.63) is 45.8 Å². The second-order valence-corrected chi connectivity index (χ2v) is 3.29. The summed E-state index contributed by atoms with van der Waals surface area (Å²) in [7, 11) is 0. The molecule has 0 radical (unpaired) electrons. The first-order valence-electron chi connectivity index (χ1n) is 4.82. The number of hydrogen-bond donors (Lipinski definition) is 3. The van der Waals surface area contributed by atoms with E-state index in [1.54, 1.807) is 19.1 Å². The number of nitrogens with zero attached hydrogens (tertiary/aromatic N) is 1. The van der Waals surface area contributed by atoms with Gasteiger partial charge in [0.05, 0.1) is 12.5 Å². The van der Waals surface area contributed by atoms with Crippen LogP contribution in [-0.4, -0.2) is 22.3 Å². The highest BCUT2D eigenvalue weighted by Gasteiger charge is 2.12. The van der Waals surface area contributed by atoms with E-state index in [9.17, 15) is 9.59 Å². The number of nitrogens with one attached hydrogen (secondary N) is 3. The van der Waals surface area contributed by atoms with Crippen LogP contribution in [0.2, 0.25) is 0 Å². The minimum absolute atomic E-state index is 0.159. The third-order valence-corrected chi connectivity index (χ3v) is 2.14. The summed E-state index contributed by atoms with van der Waals surface area (Å²) in [5.74, 6) is 0.0215. The molecule has 0 aliphatic rings. The molecule has 0 saturated carbocycles. The molecule has 0 fully saturated rings. The highest BCUT2D eigenvalue weighted by atomic mass is 16.3. The van der Waals surface area contributed by atoms with Crippen LogP contribution in [0.25, 0.3) is 0 Å². The zero-order valence-corrected chi connectivity index (χ0v) is 8.98. The number of hydrogen-bond acceptors (Lipinski definition) is 4. The molecule has 88 valence electrons. The first-order valence-corrected chi connectivity index (χ1v) is 4.82. The lowest BCUT2D eigenvalue weighted by atomic mass is 10.3. The van der Waals surface area contributed by atoms with Gasteiger partial charge in [0.1, 0.15) is 11.5 Å². The van der Waals surface area contributed by atoms with Crippen LogP contribution < -0.4 is 11.0 Å². The quantitative estimate of drug-likeness (QED) is 0.528. The molecule has 2 aromatic heterocycles. The molecule has 0 saturated heterocycles. The zero-order chi connectivity index (χ0) is 12.3. The molecular formula is C10H10N4O3. The molecule has 7 nitrogen and oxygen atoms in total. The smallest absolute Gasteiger partial charge is 0.289 e. The average molecular weight is 234 g/mol. The molecule has 0 atom stereocenters. The van der Waals surface area contributed by atoms with Crippen LogP contribution in [0, 0.1) is 6.92 Å². The lowest BCUT2D eigenvalue weighted by Gasteiger charge is -1.96. The summed E-state index contributed by atoms with van der Waals surface area (Å²) in [4.78, 5) is 22.6. The van der Waals surface area contributed by atoms with Crippen molar-refractivity contribution in [2.45, 2.75) is 6.92 Å². The summed E-state index contributed by atoms with van der Waals surface area (Å²) < 4.78 is 4.98. The minimum atomic E-state index is -0.497. The van der Waals surface area contributed by atoms with Gasteiger partial charge in [-0.1, -0.05) is 0 Å². The Morgan fingerprint density at radius 1 is 1.53 bits per heavy atom. The maximum atomic E-state index is 11.6. The lowest BCUT2D eigenvalue weighted by molar-refractivity contribution is 0.0949. The Bertz CT molecular complexity index is 591. The molecule has 0 aliphatic carbocycles. The Hall–Kier alpha value is -2.57. The van der Waals surface area contributed by atoms with E-state index in [4.69, 9.17) is 4.42 Å². The van der Waals surface area contributed by atoms with E-state index < -0.39 is 5.91 Å². The molecule has 0 unspecified atom stereocenters. The minimum Gasteiger partial charge on any atom is -0.463 e. The normalized spacial score (nSPS) is 10.9. The maximum absolute atomic E-state index is 11.6. The van der Waals surface area contributed by atoms with Gasteiger partial charge in [0.2, 0.25) is 0 Å². The molecule has 0 bridgehead atoms. The van der Waals surface area contributed by atoms with Gasteiger partial charge in [-0.25, -0.2) is 5.43 Å². The van der Waals surface area contributed by atoms with Gasteiger partial charge in [0, 0.05) is 5.56 Å². The molecule has 3 N–H and O–H groups in total. The molecule has 0 aliphatic heterocycles. The lowest BCUT2D eigenvalue weighted by Crippen LogP contribution is -2.19. The summed E-state index contributed by atoms with van der Waals surface area (Å²) in [5, 5.41) is 8.47. The number of aromatic amines is 2. The summed E-state index contributed by atoms with van der Waals surface area (Å²) in [6.07, 6.45) is 2.86. The van der Waals surface area contributed by atoms with Gasteiger partial charge in [-0.15, -0.1) is 0 Å². The SMILES string of the molecule is Cc1c(C(=O)N/N=C\c2ccco2)[nH][nH]c1=O. The van der Waals surface area contributed by atoms with Gasteiger partial charge in [-0.3, -0.25) is 19.8 Å². The van der Waals surface area contributed by atoms with Gasteiger partial charge in [-0.2, -0.15) is 5.10 Å². The maximum Gasteiger partial charge on any atom is 0.289 e. The van der Waals surface area contributed by atoms with Crippen molar-refractivity contribution in [1.29, 1.82) is 0 Å². The summed E-state index contributed by atoms with van der Waals surface area (Å²) in [6, 6.07) is 3.40. The van der Waals surface area contributed by atoms with E-state index in [0.717, 1.165) is 0 Å².